The second-order valence-electron chi connectivity index (χ2n) is 4.04. The van der Waals surface area contributed by atoms with Gasteiger partial charge in [0.2, 0.25) is 5.95 Å². The number of benzene rings is 1. The first-order valence-electron chi connectivity index (χ1n) is 5.43. The second kappa shape index (κ2) is 4.97. The van der Waals surface area contributed by atoms with Gasteiger partial charge in [0.25, 0.3) is 0 Å². The fourth-order valence-electron chi connectivity index (χ4n) is 1.73. The molecule has 0 saturated heterocycles. The van der Waals surface area contributed by atoms with Crippen molar-refractivity contribution in [3.05, 3.63) is 35.2 Å². The van der Waals surface area contributed by atoms with Gasteiger partial charge < -0.3 is 10.1 Å². The zero-order chi connectivity index (χ0) is 12.3. The first-order valence-corrected chi connectivity index (χ1v) is 5.43. The number of aromatic amines is 1. The third-order valence-corrected chi connectivity index (χ3v) is 2.29. The molecular formula is C12H16N4O. The number of aromatic nitrogens is 3. The van der Waals surface area contributed by atoms with Gasteiger partial charge in [-0.25, -0.2) is 0 Å². The lowest BCUT2D eigenvalue weighted by Gasteiger charge is -2.04. The molecule has 0 spiro atoms. The molecule has 2 aromatic rings. The van der Waals surface area contributed by atoms with E-state index in [0.29, 0.717) is 18.4 Å². The molecule has 5 nitrogen and oxygen atoms in total. The first-order chi connectivity index (χ1) is 8.17. The predicted octanol–water partition coefficient (Wildman–Crippen LogP) is 2.31. The molecule has 2 N–H and O–H groups in total. The van der Waals surface area contributed by atoms with Crippen molar-refractivity contribution in [1.82, 2.24) is 15.2 Å². The van der Waals surface area contributed by atoms with Crippen molar-refractivity contribution in [3.8, 4) is 0 Å². The van der Waals surface area contributed by atoms with Gasteiger partial charge in [0, 0.05) is 12.8 Å². The normalized spacial score (nSPS) is 10.5. The van der Waals surface area contributed by atoms with E-state index in [2.05, 4.69) is 52.5 Å². The van der Waals surface area contributed by atoms with Crippen molar-refractivity contribution in [2.45, 2.75) is 20.5 Å². The third-order valence-electron chi connectivity index (χ3n) is 2.29. The lowest BCUT2D eigenvalue weighted by atomic mass is 10.1. The molecule has 0 amide bonds. The first kappa shape index (κ1) is 11.6. The Morgan fingerprint density at radius 1 is 1.24 bits per heavy atom. The summed E-state index contributed by atoms with van der Waals surface area (Å²) in [4.78, 5) is 4.25. The average molecular weight is 232 g/mol. The summed E-state index contributed by atoms with van der Waals surface area (Å²) in [5.41, 5.74) is 3.41. The summed E-state index contributed by atoms with van der Waals surface area (Å²) in [6, 6.07) is 6.23. The van der Waals surface area contributed by atoms with E-state index in [-0.39, 0.29) is 0 Å². The quantitative estimate of drug-likeness (QED) is 0.849. The van der Waals surface area contributed by atoms with Crippen LogP contribution in [0.25, 0.3) is 0 Å². The van der Waals surface area contributed by atoms with Crippen LogP contribution in [-0.2, 0) is 11.3 Å². The van der Waals surface area contributed by atoms with Crippen LogP contribution in [0, 0.1) is 13.8 Å². The molecule has 0 radical (unpaired) electrons. The number of hydrogen-bond donors (Lipinski definition) is 2. The molecule has 0 saturated carbocycles. The van der Waals surface area contributed by atoms with Crippen LogP contribution < -0.4 is 5.32 Å². The maximum atomic E-state index is 4.97. The number of methoxy groups -OCH3 is 1. The minimum Gasteiger partial charge on any atom is -0.377 e. The van der Waals surface area contributed by atoms with Gasteiger partial charge in [0.05, 0.1) is 0 Å². The number of H-pyrrole nitrogens is 1. The summed E-state index contributed by atoms with van der Waals surface area (Å²) in [5, 5.41) is 10.0. The smallest absolute Gasteiger partial charge is 0.246 e. The Kier molecular flexibility index (Phi) is 3.39. The molecule has 2 rings (SSSR count). The molecule has 0 bridgehead atoms. The summed E-state index contributed by atoms with van der Waals surface area (Å²) in [6.07, 6.45) is 0. The Hall–Kier alpha value is -1.88. The van der Waals surface area contributed by atoms with Gasteiger partial charge >= 0.3 is 0 Å². The van der Waals surface area contributed by atoms with Gasteiger partial charge in [-0.15, -0.1) is 5.10 Å². The van der Waals surface area contributed by atoms with Crippen molar-refractivity contribution >= 4 is 11.6 Å². The van der Waals surface area contributed by atoms with Gasteiger partial charge in [-0.1, -0.05) is 6.07 Å². The van der Waals surface area contributed by atoms with Gasteiger partial charge in [0.15, 0.2) is 5.82 Å². The molecule has 1 aromatic carbocycles. The maximum Gasteiger partial charge on any atom is 0.246 e. The summed E-state index contributed by atoms with van der Waals surface area (Å²) >= 11 is 0. The van der Waals surface area contributed by atoms with E-state index in [9.17, 15) is 0 Å². The zero-order valence-corrected chi connectivity index (χ0v) is 10.2. The van der Waals surface area contributed by atoms with E-state index in [1.807, 2.05) is 0 Å². The monoisotopic (exact) mass is 232 g/mol. The van der Waals surface area contributed by atoms with Crippen LogP contribution >= 0.6 is 0 Å². The Labute approximate surface area is 100 Å². The van der Waals surface area contributed by atoms with Crippen molar-refractivity contribution in [3.63, 3.8) is 0 Å². The van der Waals surface area contributed by atoms with Crippen molar-refractivity contribution in [1.29, 1.82) is 0 Å². The van der Waals surface area contributed by atoms with Gasteiger partial charge in [-0.2, -0.15) is 4.98 Å². The molecule has 1 heterocycles. The van der Waals surface area contributed by atoms with Gasteiger partial charge in [0.1, 0.15) is 6.61 Å². The van der Waals surface area contributed by atoms with Crippen molar-refractivity contribution in [2.24, 2.45) is 0 Å². The van der Waals surface area contributed by atoms with Crippen LogP contribution in [0.2, 0.25) is 0 Å². The fourth-order valence-corrected chi connectivity index (χ4v) is 1.73. The molecule has 0 fully saturated rings. The lowest BCUT2D eigenvalue weighted by molar-refractivity contribution is 0.178. The molecule has 0 unspecified atom stereocenters. The fraction of sp³-hybridized carbons (Fsp3) is 0.333. The van der Waals surface area contributed by atoms with Crippen LogP contribution in [-0.4, -0.2) is 22.3 Å². The Bertz CT molecular complexity index is 487. The van der Waals surface area contributed by atoms with Gasteiger partial charge in [-0.05, 0) is 37.1 Å². The van der Waals surface area contributed by atoms with E-state index < -0.39 is 0 Å². The van der Waals surface area contributed by atoms with E-state index in [4.69, 9.17) is 4.74 Å². The molecule has 1 aromatic heterocycles. The number of rotatable bonds is 4. The van der Waals surface area contributed by atoms with Crippen molar-refractivity contribution in [2.75, 3.05) is 12.4 Å². The highest BCUT2D eigenvalue weighted by Gasteiger charge is 2.03. The Morgan fingerprint density at radius 2 is 1.94 bits per heavy atom. The Balaban J connectivity index is 2.13. The number of nitrogens with zero attached hydrogens (tertiary/aromatic N) is 2. The predicted molar refractivity (Wildman–Crippen MR) is 66.3 cm³/mol. The number of nitrogens with one attached hydrogen (secondary N) is 2. The van der Waals surface area contributed by atoms with Crippen LogP contribution in [0.1, 0.15) is 17.0 Å². The van der Waals surface area contributed by atoms with Crippen LogP contribution in [0.5, 0.6) is 0 Å². The SMILES string of the molecule is COCc1nc(Nc2cc(C)cc(C)c2)n[nH]1. The maximum absolute atomic E-state index is 4.97. The van der Waals surface area contributed by atoms with E-state index >= 15 is 0 Å². The second-order valence-corrected chi connectivity index (χ2v) is 4.04. The summed E-state index contributed by atoms with van der Waals surface area (Å²) in [6.45, 7) is 4.56. The standard InChI is InChI=1S/C12H16N4O/c1-8-4-9(2)6-10(5-8)13-12-14-11(7-17-3)15-16-12/h4-6H,7H2,1-3H3,(H2,13,14,15,16). The third kappa shape index (κ3) is 3.04. The number of ether oxygens (including phenoxy) is 1. The number of anilines is 2. The average Bonchev–Trinajstić information content (AvgIpc) is 2.64. The van der Waals surface area contributed by atoms with Gasteiger partial charge in [-0.3, -0.25) is 5.10 Å². The highest BCUT2D eigenvalue weighted by atomic mass is 16.5. The number of aryl methyl sites for hydroxylation is 2. The molecule has 0 aliphatic carbocycles. The molecule has 17 heavy (non-hydrogen) atoms. The van der Waals surface area contributed by atoms with Crippen LogP contribution in [0.15, 0.2) is 18.2 Å². The molecule has 5 heteroatoms. The summed E-state index contributed by atoms with van der Waals surface area (Å²) < 4.78 is 4.97. The largest absolute Gasteiger partial charge is 0.377 e. The molecule has 0 aliphatic rings. The minimum atomic E-state index is 0.432. The van der Waals surface area contributed by atoms with Crippen molar-refractivity contribution < 1.29 is 4.74 Å². The van der Waals surface area contributed by atoms with Crippen LogP contribution in [0.3, 0.4) is 0 Å². The molecular weight excluding hydrogens is 216 g/mol. The number of hydrogen-bond acceptors (Lipinski definition) is 4. The Morgan fingerprint density at radius 3 is 2.59 bits per heavy atom. The highest BCUT2D eigenvalue weighted by molar-refractivity contribution is 5.55. The highest BCUT2D eigenvalue weighted by Crippen LogP contribution is 2.17. The molecule has 0 aliphatic heterocycles. The molecule has 90 valence electrons. The summed E-state index contributed by atoms with van der Waals surface area (Å²) in [7, 11) is 1.62. The summed E-state index contributed by atoms with van der Waals surface area (Å²) in [5.74, 6) is 1.27. The topological polar surface area (TPSA) is 62.8 Å². The van der Waals surface area contributed by atoms with E-state index in [1.165, 1.54) is 11.1 Å². The zero-order valence-electron chi connectivity index (χ0n) is 10.2. The lowest BCUT2D eigenvalue weighted by Crippen LogP contribution is -1.94. The van der Waals surface area contributed by atoms with Crippen LogP contribution in [0.4, 0.5) is 11.6 Å². The van der Waals surface area contributed by atoms with E-state index in [1.54, 1.807) is 7.11 Å². The minimum absolute atomic E-state index is 0.432. The molecule has 0 atom stereocenters. The van der Waals surface area contributed by atoms with E-state index in [0.717, 1.165) is 5.69 Å².